The molecule has 4 aromatic rings. The molecule has 7 heteroatoms. The zero-order valence-electron chi connectivity index (χ0n) is 12.8. The monoisotopic (exact) mass is 337 g/mol. The van der Waals surface area contributed by atoms with E-state index in [1.54, 1.807) is 40.4 Å². The predicted molar refractivity (Wildman–Crippen MR) is 91.7 cm³/mol. The third-order valence-corrected chi connectivity index (χ3v) is 4.32. The molecule has 0 atom stereocenters. The molecular weight excluding hydrogens is 324 g/mol. The Hall–Kier alpha value is -3.06. The fraction of sp³-hybridized carbons (Fsp3) is 0.0588. The Morgan fingerprint density at radius 2 is 1.75 bits per heavy atom. The van der Waals surface area contributed by atoms with E-state index in [4.69, 9.17) is 12.2 Å². The van der Waals surface area contributed by atoms with Gasteiger partial charge in [0.2, 0.25) is 10.3 Å². The number of aromatic amines is 1. The zero-order chi connectivity index (χ0) is 16.8. The molecule has 0 fully saturated rings. The first-order chi connectivity index (χ1) is 11.6. The van der Waals surface area contributed by atoms with Gasteiger partial charge in [-0.2, -0.15) is 5.10 Å². The number of carbonyl (C=O) groups excluding carboxylic acids is 1. The van der Waals surface area contributed by atoms with Crippen LogP contribution in [0.15, 0.2) is 59.4 Å². The molecule has 0 unspecified atom stereocenters. The molecule has 2 aromatic heterocycles. The normalized spacial score (nSPS) is 11.2. The van der Waals surface area contributed by atoms with Crippen molar-refractivity contribution in [2.24, 2.45) is 7.05 Å². The van der Waals surface area contributed by atoms with Crippen LogP contribution in [0.2, 0.25) is 0 Å². The Morgan fingerprint density at radius 1 is 1.08 bits per heavy atom. The maximum Gasteiger partial charge on any atom is 0.373 e. The molecule has 0 aliphatic carbocycles. The Bertz CT molecular complexity index is 1220. The summed E-state index contributed by atoms with van der Waals surface area (Å²) >= 11 is 5.27. The van der Waals surface area contributed by atoms with Crippen LogP contribution < -0.4 is 10.1 Å². The summed E-state index contributed by atoms with van der Waals surface area (Å²) in [5.74, 6) is -0.449. The van der Waals surface area contributed by atoms with E-state index in [2.05, 4.69) is 5.10 Å². The molecular formula is C17H13N4O2S+. The van der Waals surface area contributed by atoms with E-state index in [0.717, 1.165) is 15.6 Å². The van der Waals surface area contributed by atoms with Crippen LogP contribution in [-0.4, -0.2) is 20.1 Å². The van der Waals surface area contributed by atoms with Crippen molar-refractivity contribution in [3.05, 3.63) is 75.3 Å². The average Bonchev–Trinajstić information content (AvgIpc) is 2.88. The molecule has 0 radical (unpaired) electrons. The highest BCUT2D eigenvalue weighted by atomic mass is 32.1. The third kappa shape index (κ3) is 1.95. The summed E-state index contributed by atoms with van der Waals surface area (Å²) in [5.41, 5.74) is 1.98. The lowest BCUT2D eigenvalue weighted by Gasteiger charge is -2.03. The number of fused-ring (bicyclic) bond motifs is 3. The number of carbonyl (C=O) groups is 1. The minimum absolute atomic E-state index is 0.0581. The highest BCUT2D eigenvalue weighted by Crippen LogP contribution is 2.11. The molecule has 4 rings (SSSR count). The minimum Gasteiger partial charge on any atom is -0.268 e. The van der Waals surface area contributed by atoms with Gasteiger partial charge in [-0.25, -0.2) is 9.13 Å². The van der Waals surface area contributed by atoms with Gasteiger partial charge in [0, 0.05) is 5.56 Å². The molecule has 0 amide bonds. The lowest BCUT2D eigenvalue weighted by Crippen LogP contribution is -2.39. The molecule has 2 aromatic carbocycles. The maximum atomic E-state index is 13.0. The second-order valence-electron chi connectivity index (χ2n) is 5.44. The Morgan fingerprint density at radius 3 is 2.50 bits per heavy atom. The number of aryl methyl sites for hydroxylation is 1. The molecule has 0 saturated heterocycles. The molecule has 0 saturated carbocycles. The van der Waals surface area contributed by atoms with Crippen molar-refractivity contribution in [1.82, 2.24) is 14.2 Å². The fourth-order valence-electron chi connectivity index (χ4n) is 2.90. The smallest absolute Gasteiger partial charge is 0.268 e. The van der Waals surface area contributed by atoms with E-state index < -0.39 is 11.5 Å². The summed E-state index contributed by atoms with van der Waals surface area (Å²) in [6.07, 6.45) is 0. The van der Waals surface area contributed by atoms with E-state index in [0.29, 0.717) is 11.2 Å². The summed E-state index contributed by atoms with van der Waals surface area (Å²) in [6, 6.07) is 16.2. The zero-order valence-corrected chi connectivity index (χ0v) is 13.6. The second-order valence-corrected chi connectivity index (χ2v) is 5.82. The van der Waals surface area contributed by atoms with Crippen molar-refractivity contribution in [3.63, 3.8) is 0 Å². The number of rotatable bonds is 1. The maximum absolute atomic E-state index is 13.0. The van der Waals surface area contributed by atoms with Crippen molar-refractivity contribution in [2.75, 3.05) is 0 Å². The lowest BCUT2D eigenvalue weighted by molar-refractivity contribution is -0.619. The quantitative estimate of drug-likeness (QED) is 0.426. The standard InChI is InChI=1S/C17H12N4O2S/c1-19-12-9-5-6-10-13(12)21-14(19)16(23)20(17(24)18-21)15(22)11-7-3-2-4-8-11/h2-10H,1H3/p+1. The van der Waals surface area contributed by atoms with Crippen LogP contribution in [0.3, 0.4) is 0 Å². The number of H-pyrrole nitrogens is 1. The molecule has 1 N–H and O–H groups in total. The number of para-hydroxylation sites is 2. The number of aromatic nitrogens is 4. The summed E-state index contributed by atoms with van der Waals surface area (Å²) in [7, 11) is 1.79. The van der Waals surface area contributed by atoms with Crippen molar-refractivity contribution < 1.29 is 9.36 Å². The molecule has 6 nitrogen and oxygen atoms in total. The van der Waals surface area contributed by atoms with Gasteiger partial charge in [-0.15, -0.1) is 4.52 Å². The Kier molecular flexibility index (Phi) is 3.17. The molecule has 2 heterocycles. The van der Waals surface area contributed by atoms with E-state index in [1.165, 1.54) is 0 Å². The van der Waals surface area contributed by atoms with Gasteiger partial charge < -0.3 is 0 Å². The molecule has 24 heavy (non-hydrogen) atoms. The number of nitrogens with one attached hydrogen (secondary N) is 1. The molecule has 0 aliphatic heterocycles. The highest BCUT2D eigenvalue weighted by Gasteiger charge is 2.24. The van der Waals surface area contributed by atoms with Crippen LogP contribution in [0.4, 0.5) is 0 Å². The van der Waals surface area contributed by atoms with Gasteiger partial charge in [-0.1, -0.05) is 30.3 Å². The van der Waals surface area contributed by atoms with Gasteiger partial charge in [0.15, 0.2) is 5.52 Å². The molecule has 0 spiro atoms. The van der Waals surface area contributed by atoms with Gasteiger partial charge in [0.1, 0.15) is 0 Å². The minimum atomic E-state index is -0.452. The van der Waals surface area contributed by atoms with Crippen LogP contribution in [0.25, 0.3) is 16.7 Å². The number of benzene rings is 2. The Balaban J connectivity index is 2.11. The van der Waals surface area contributed by atoms with Crippen molar-refractivity contribution in [1.29, 1.82) is 0 Å². The second kappa shape index (κ2) is 5.24. The van der Waals surface area contributed by atoms with Crippen LogP contribution in [0.1, 0.15) is 10.4 Å². The first-order valence-corrected chi connectivity index (χ1v) is 7.74. The first-order valence-electron chi connectivity index (χ1n) is 7.34. The number of imidazole rings is 1. The SMILES string of the molecule is C[n+]1c2ccccc2n2[nH]c(=S)n(C(=O)c3ccccc3)c(=O)c21. The van der Waals surface area contributed by atoms with Crippen molar-refractivity contribution in [2.45, 2.75) is 0 Å². The number of nitrogens with zero attached hydrogens (tertiary/aromatic N) is 3. The molecule has 0 aliphatic rings. The Labute approximate surface area is 141 Å². The van der Waals surface area contributed by atoms with Crippen LogP contribution in [-0.2, 0) is 7.05 Å². The van der Waals surface area contributed by atoms with Gasteiger partial charge in [-0.05, 0) is 36.5 Å². The van der Waals surface area contributed by atoms with Gasteiger partial charge in [0.25, 0.3) is 5.91 Å². The molecule has 118 valence electrons. The third-order valence-electron chi connectivity index (χ3n) is 4.04. The summed E-state index contributed by atoms with van der Waals surface area (Å²) in [6.45, 7) is 0. The topological polar surface area (TPSA) is 63.1 Å². The summed E-state index contributed by atoms with van der Waals surface area (Å²) in [5, 5.41) is 2.97. The largest absolute Gasteiger partial charge is 0.373 e. The van der Waals surface area contributed by atoms with E-state index >= 15 is 0 Å². The lowest BCUT2D eigenvalue weighted by atomic mass is 10.2. The van der Waals surface area contributed by atoms with Gasteiger partial charge in [-0.3, -0.25) is 9.59 Å². The summed E-state index contributed by atoms with van der Waals surface area (Å²) in [4.78, 5) is 25.7. The number of hydrogen-bond acceptors (Lipinski definition) is 3. The highest BCUT2D eigenvalue weighted by molar-refractivity contribution is 7.71. The van der Waals surface area contributed by atoms with Crippen LogP contribution in [0, 0.1) is 4.77 Å². The van der Waals surface area contributed by atoms with Gasteiger partial charge >= 0.3 is 11.2 Å². The number of hydrogen-bond donors (Lipinski definition) is 1. The van der Waals surface area contributed by atoms with Crippen molar-refractivity contribution >= 4 is 34.8 Å². The van der Waals surface area contributed by atoms with Crippen LogP contribution >= 0.6 is 12.2 Å². The molecule has 0 bridgehead atoms. The predicted octanol–water partition coefficient (Wildman–Crippen LogP) is 1.82. The average molecular weight is 337 g/mol. The van der Waals surface area contributed by atoms with Crippen LogP contribution in [0.5, 0.6) is 0 Å². The van der Waals surface area contributed by atoms with E-state index in [9.17, 15) is 9.59 Å². The first kappa shape index (κ1) is 14.5. The van der Waals surface area contributed by atoms with Crippen molar-refractivity contribution in [3.8, 4) is 0 Å². The van der Waals surface area contributed by atoms with E-state index in [1.807, 2.05) is 30.3 Å². The van der Waals surface area contributed by atoms with E-state index in [-0.39, 0.29) is 4.77 Å². The summed E-state index contributed by atoms with van der Waals surface area (Å²) < 4.78 is 4.42. The fourth-order valence-corrected chi connectivity index (χ4v) is 3.16. The van der Waals surface area contributed by atoms with Gasteiger partial charge in [0.05, 0.1) is 7.05 Å².